The van der Waals surface area contributed by atoms with E-state index in [9.17, 15) is 9.59 Å². The minimum atomic E-state index is -0.951. The number of aryl methyl sites for hydroxylation is 1. The molecule has 33 heavy (non-hydrogen) atoms. The van der Waals surface area contributed by atoms with E-state index in [1.54, 1.807) is 12.1 Å². The molecular weight excluding hydrogens is 440 g/mol. The van der Waals surface area contributed by atoms with Crippen LogP contribution in [0.4, 0.5) is 5.69 Å². The number of carbonyl (C=O) groups excluding carboxylic acids is 2. The molecule has 0 spiro atoms. The molecule has 9 heteroatoms. The van der Waals surface area contributed by atoms with Gasteiger partial charge in [-0.1, -0.05) is 48.2 Å². The molecule has 3 aromatic rings. The number of nitrogens with zero attached hydrogens (tertiary/aromatic N) is 4. The summed E-state index contributed by atoms with van der Waals surface area (Å²) in [5, 5.41) is 9.00. The van der Waals surface area contributed by atoms with Gasteiger partial charge in [0.2, 0.25) is 23.2 Å². The summed E-state index contributed by atoms with van der Waals surface area (Å²) in [6, 6.07) is 12.7. The maximum absolute atomic E-state index is 12.9. The average Bonchev–Trinajstić information content (AvgIpc) is 2.93. The van der Waals surface area contributed by atoms with E-state index in [4.69, 9.17) is 9.47 Å². The van der Waals surface area contributed by atoms with Gasteiger partial charge < -0.3 is 9.47 Å². The van der Waals surface area contributed by atoms with Gasteiger partial charge in [0.15, 0.2) is 5.69 Å². The zero-order valence-corrected chi connectivity index (χ0v) is 19.3. The van der Waals surface area contributed by atoms with Crippen molar-refractivity contribution in [2.24, 2.45) is 0 Å². The molecule has 1 aliphatic rings. The van der Waals surface area contributed by atoms with Crippen LogP contribution in [0.3, 0.4) is 0 Å². The van der Waals surface area contributed by atoms with E-state index in [-0.39, 0.29) is 11.8 Å². The summed E-state index contributed by atoms with van der Waals surface area (Å²) < 4.78 is 11.9. The summed E-state index contributed by atoms with van der Waals surface area (Å²) in [6.45, 7) is 8.33. The summed E-state index contributed by atoms with van der Waals surface area (Å²) in [4.78, 5) is 30.9. The van der Waals surface area contributed by atoms with Crippen LogP contribution >= 0.6 is 11.8 Å². The molecule has 0 aliphatic carbocycles. The molecule has 0 N–H and O–H groups in total. The van der Waals surface area contributed by atoms with Crippen molar-refractivity contribution < 1.29 is 19.1 Å². The third-order valence-electron chi connectivity index (χ3n) is 4.94. The Morgan fingerprint density at radius 1 is 1.18 bits per heavy atom. The Balaban J connectivity index is 1.95. The van der Waals surface area contributed by atoms with Crippen molar-refractivity contribution in [3.8, 4) is 22.9 Å². The van der Waals surface area contributed by atoms with Crippen LogP contribution < -0.4 is 14.4 Å². The first-order valence-electron chi connectivity index (χ1n) is 10.2. The Labute approximate surface area is 195 Å². The first kappa shape index (κ1) is 22.5. The van der Waals surface area contributed by atoms with Gasteiger partial charge in [-0.2, -0.15) is 4.98 Å². The number of fused-ring (bicyclic) bond motifs is 3. The van der Waals surface area contributed by atoms with E-state index in [1.165, 1.54) is 30.5 Å². The van der Waals surface area contributed by atoms with E-state index >= 15 is 0 Å². The maximum atomic E-state index is 12.9. The third kappa shape index (κ3) is 4.45. The number of hydrogen-bond acceptors (Lipinski definition) is 8. The van der Waals surface area contributed by atoms with Crippen LogP contribution in [-0.2, 0) is 9.59 Å². The number of rotatable bonds is 5. The molecule has 1 amide bonds. The van der Waals surface area contributed by atoms with Gasteiger partial charge in [-0.15, -0.1) is 16.8 Å². The number of esters is 1. The Morgan fingerprint density at radius 2 is 1.97 bits per heavy atom. The van der Waals surface area contributed by atoms with Crippen LogP contribution in [0.15, 0.2) is 60.3 Å². The Kier molecular flexibility index (Phi) is 6.41. The summed E-state index contributed by atoms with van der Waals surface area (Å²) in [7, 11) is 0. The third-order valence-corrected chi connectivity index (χ3v) is 5.77. The Bertz CT molecular complexity index is 1250. The molecule has 4 rings (SSSR count). The van der Waals surface area contributed by atoms with Crippen molar-refractivity contribution in [3.05, 3.63) is 66.2 Å². The van der Waals surface area contributed by atoms with Gasteiger partial charge in [0.1, 0.15) is 5.75 Å². The molecule has 0 unspecified atom stereocenters. The maximum Gasteiger partial charge on any atom is 0.308 e. The average molecular weight is 463 g/mol. The zero-order valence-electron chi connectivity index (χ0n) is 18.4. The van der Waals surface area contributed by atoms with Gasteiger partial charge in [0.25, 0.3) is 0 Å². The molecule has 0 saturated carbocycles. The van der Waals surface area contributed by atoms with Crippen molar-refractivity contribution in [1.82, 2.24) is 15.2 Å². The number of aromatic nitrogens is 3. The van der Waals surface area contributed by atoms with Crippen LogP contribution in [-0.4, -0.2) is 32.8 Å². The van der Waals surface area contributed by atoms with Crippen LogP contribution in [0.25, 0.3) is 11.3 Å². The molecule has 0 radical (unpaired) electrons. The number of amides is 1. The largest absolute Gasteiger partial charge is 0.447 e. The van der Waals surface area contributed by atoms with E-state index in [0.717, 1.165) is 5.56 Å². The number of hydrogen-bond donors (Lipinski definition) is 0. The number of anilines is 1. The molecule has 1 aliphatic heterocycles. The minimum Gasteiger partial charge on any atom is -0.447 e. The van der Waals surface area contributed by atoms with Crippen molar-refractivity contribution in [3.63, 3.8) is 0 Å². The zero-order chi connectivity index (χ0) is 23.5. The highest BCUT2D eigenvalue weighted by molar-refractivity contribution is 7.99. The van der Waals surface area contributed by atoms with Gasteiger partial charge >= 0.3 is 5.97 Å². The van der Waals surface area contributed by atoms with E-state index in [0.29, 0.717) is 39.2 Å². The number of benzene rings is 2. The van der Waals surface area contributed by atoms with E-state index in [1.807, 2.05) is 43.3 Å². The van der Waals surface area contributed by atoms with Crippen molar-refractivity contribution in [2.75, 3.05) is 10.7 Å². The Morgan fingerprint density at radius 3 is 2.70 bits per heavy atom. The molecule has 2 aromatic carbocycles. The first-order valence-corrected chi connectivity index (χ1v) is 11.2. The predicted octanol–water partition coefficient (Wildman–Crippen LogP) is 4.49. The fourth-order valence-electron chi connectivity index (χ4n) is 3.60. The minimum absolute atomic E-state index is 0.230. The topological polar surface area (TPSA) is 94.5 Å². The molecule has 0 saturated heterocycles. The second kappa shape index (κ2) is 9.41. The van der Waals surface area contributed by atoms with E-state index < -0.39 is 12.2 Å². The normalized spacial score (nSPS) is 14.4. The fraction of sp³-hybridized carbons (Fsp3) is 0.208. The van der Waals surface area contributed by atoms with Gasteiger partial charge in [0.05, 0.1) is 11.3 Å². The summed E-state index contributed by atoms with van der Waals surface area (Å²) >= 11 is 1.37. The van der Waals surface area contributed by atoms with Gasteiger partial charge in [0, 0.05) is 25.2 Å². The van der Waals surface area contributed by atoms with Gasteiger partial charge in [-0.3, -0.25) is 14.5 Å². The molecule has 0 fully saturated rings. The molecule has 2 heterocycles. The van der Waals surface area contributed by atoms with Crippen molar-refractivity contribution in [1.29, 1.82) is 0 Å². The standard InChI is InChI=1S/C24H22N4O4S/c1-5-13-33-24-25-22-20(26-27-24)17-10-6-7-12-19(17)28(15(3)29)23(32-22)18-11-8-9-14(2)21(18)31-16(4)30/h5-12,23H,1,13H2,2-4H3/t23-/m0/s1. The number of para-hydroxylation sites is 2. The lowest BCUT2D eigenvalue weighted by Crippen LogP contribution is -2.36. The summed E-state index contributed by atoms with van der Waals surface area (Å²) in [6.07, 6.45) is 0.793. The summed E-state index contributed by atoms with van der Waals surface area (Å²) in [5.41, 5.74) is 2.92. The molecule has 1 atom stereocenters. The van der Waals surface area contributed by atoms with Gasteiger partial charge in [-0.25, -0.2) is 0 Å². The second-order valence-corrected chi connectivity index (χ2v) is 8.30. The quantitative estimate of drug-likeness (QED) is 0.237. The first-order chi connectivity index (χ1) is 15.9. The number of ether oxygens (including phenoxy) is 2. The SMILES string of the molecule is C=CCSc1nnc2c(n1)O[C@@H](c1cccc(C)c1OC(C)=O)N(C(C)=O)c1ccccc1-2. The number of carbonyl (C=O) groups is 2. The fourth-order valence-corrected chi connectivity index (χ4v) is 4.12. The van der Waals surface area contributed by atoms with Crippen molar-refractivity contribution in [2.45, 2.75) is 32.2 Å². The van der Waals surface area contributed by atoms with Crippen LogP contribution in [0.2, 0.25) is 0 Å². The predicted molar refractivity (Wildman–Crippen MR) is 125 cm³/mol. The van der Waals surface area contributed by atoms with Crippen molar-refractivity contribution >= 4 is 29.3 Å². The highest BCUT2D eigenvalue weighted by Crippen LogP contribution is 2.45. The lowest BCUT2D eigenvalue weighted by Gasteiger charge is -2.31. The highest BCUT2D eigenvalue weighted by Gasteiger charge is 2.36. The highest BCUT2D eigenvalue weighted by atomic mass is 32.2. The van der Waals surface area contributed by atoms with Crippen LogP contribution in [0.1, 0.15) is 31.2 Å². The monoisotopic (exact) mass is 462 g/mol. The molecular formula is C24H22N4O4S. The van der Waals surface area contributed by atoms with E-state index in [2.05, 4.69) is 21.8 Å². The van der Waals surface area contributed by atoms with Crippen LogP contribution in [0, 0.1) is 6.92 Å². The van der Waals surface area contributed by atoms with Gasteiger partial charge in [-0.05, 0) is 24.6 Å². The number of thioether (sulfide) groups is 1. The smallest absolute Gasteiger partial charge is 0.308 e. The molecule has 168 valence electrons. The lowest BCUT2D eigenvalue weighted by molar-refractivity contribution is -0.132. The second-order valence-electron chi connectivity index (χ2n) is 7.31. The summed E-state index contributed by atoms with van der Waals surface area (Å²) in [5.74, 6) is 0.443. The lowest BCUT2D eigenvalue weighted by atomic mass is 10.1. The molecule has 1 aromatic heterocycles. The molecule has 0 bridgehead atoms. The molecule has 8 nitrogen and oxygen atoms in total. The Hall–Kier alpha value is -3.72. The van der Waals surface area contributed by atoms with Crippen LogP contribution in [0.5, 0.6) is 11.6 Å².